The summed E-state index contributed by atoms with van der Waals surface area (Å²) >= 11 is 0. The van der Waals surface area contributed by atoms with Crippen LogP contribution in [-0.2, 0) is 39.2 Å². The summed E-state index contributed by atoms with van der Waals surface area (Å²) < 4.78 is 12.9. The van der Waals surface area contributed by atoms with Crippen molar-refractivity contribution in [3.63, 3.8) is 0 Å². The number of carbonyl (C=O) groups is 2. The maximum absolute atomic E-state index is 12.5. The van der Waals surface area contributed by atoms with Crippen LogP contribution in [-0.4, -0.2) is 50.1 Å². The number of ether oxygens (including phenoxy) is 2. The molecule has 0 radical (unpaired) electrons. The summed E-state index contributed by atoms with van der Waals surface area (Å²) in [6.45, 7) is 7.09. The summed E-state index contributed by atoms with van der Waals surface area (Å²) in [6.07, 6.45) is 4.58. The maximum atomic E-state index is 12.5. The van der Waals surface area contributed by atoms with E-state index < -0.39 is 23.2 Å². The summed E-state index contributed by atoms with van der Waals surface area (Å²) in [6, 6.07) is 0. The van der Waals surface area contributed by atoms with Gasteiger partial charge in [0.25, 0.3) is 0 Å². The molecule has 1 heterocycles. The van der Waals surface area contributed by atoms with E-state index in [-0.39, 0.29) is 57.0 Å². The molecule has 1 N–H and O–H groups in total. The Morgan fingerprint density at radius 1 is 0.941 bits per heavy atom. The average molecular weight is 484 g/mol. The van der Waals surface area contributed by atoms with Crippen LogP contribution in [0.5, 0.6) is 0 Å². The van der Waals surface area contributed by atoms with Gasteiger partial charge in [0.15, 0.2) is 0 Å². The Kier molecular flexibility index (Phi) is 12.9. The molecule has 1 aromatic rings. The minimum atomic E-state index is -0.725. The number of hydrogen-bond donors (Lipinski definition) is 1. The molecule has 2 unspecified atom stereocenters. The van der Waals surface area contributed by atoms with Gasteiger partial charge in [0.05, 0.1) is 19.3 Å². The normalized spacial score (nSPS) is 12.7. The molecule has 1 aromatic heterocycles. The summed E-state index contributed by atoms with van der Waals surface area (Å²) in [5.74, 6) is -1.03. The lowest BCUT2D eigenvalue weighted by molar-refractivity contribution is -0.147. The topological polar surface area (TPSA) is 139 Å². The van der Waals surface area contributed by atoms with Crippen LogP contribution >= 0.6 is 0 Å². The standard InChI is InChI=1S/C23H37N3O8/c1-5-13-25-21(30)24(4)22(31)26(23(25)32)14-17(3)15-33-19(28)11-9-7-8-10-12-20(29)34-16-18(27)6-2/h5,17-18,27H,1,6-16H2,2-4H3. The van der Waals surface area contributed by atoms with Crippen molar-refractivity contribution in [1.82, 2.24) is 13.7 Å². The van der Waals surface area contributed by atoms with Crippen LogP contribution in [0.15, 0.2) is 27.0 Å². The largest absolute Gasteiger partial charge is 0.465 e. The van der Waals surface area contributed by atoms with Crippen LogP contribution in [0.25, 0.3) is 0 Å². The number of rotatable bonds is 16. The molecule has 0 bridgehead atoms. The second-order valence-electron chi connectivity index (χ2n) is 8.36. The SMILES string of the molecule is C=CCn1c(=O)n(C)c(=O)n(CC(C)COC(=O)CCCCCCC(=O)OCC(O)CC)c1=O. The summed E-state index contributed by atoms with van der Waals surface area (Å²) in [5.41, 5.74) is -2.16. The van der Waals surface area contributed by atoms with Gasteiger partial charge in [-0.1, -0.05) is 32.8 Å². The van der Waals surface area contributed by atoms with E-state index in [2.05, 4.69) is 6.58 Å². The number of allylic oxidation sites excluding steroid dienone is 1. The minimum Gasteiger partial charge on any atom is -0.465 e. The molecule has 0 spiro atoms. The van der Waals surface area contributed by atoms with Gasteiger partial charge in [0.2, 0.25) is 0 Å². The smallest absolute Gasteiger partial charge is 0.336 e. The van der Waals surface area contributed by atoms with Gasteiger partial charge < -0.3 is 14.6 Å². The van der Waals surface area contributed by atoms with Crippen molar-refractivity contribution in [2.24, 2.45) is 13.0 Å². The van der Waals surface area contributed by atoms with Crippen LogP contribution < -0.4 is 17.1 Å². The van der Waals surface area contributed by atoms with E-state index in [1.165, 1.54) is 13.1 Å². The van der Waals surface area contributed by atoms with Crippen molar-refractivity contribution in [3.05, 3.63) is 44.1 Å². The van der Waals surface area contributed by atoms with E-state index in [4.69, 9.17) is 9.47 Å². The average Bonchev–Trinajstić information content (AvgIpc) is 2.82. The number of unbranched alkanes of at least 4 members (excludes halogenated alkanes) is 3. The molecule has 0 aliphatic rings. The van der Waals surface area contributed by atoms with Crippen LogP contribution in [0.4, 0.5) is 0 Å². The third-order valence-electron chi connectivity index (χ3n) is 5.25. The second-order valence-corrected chi connectivity index (χ2v) is 8.36. The van der Waals surface area contributed by atoms with Crippen LogP contribution in [0.3, 0.4) is 0 Å². The van der Waals surface area contributed by atoms with Gasteiger partial charge >= 0.3 is 29.0 Å². The lowest BCUT2D eigenvalue weighted by Gasteiger charge is -2.15. The monoisotopic (exact) mass is 483 g/mol. The van der Waals surface area contributed by atoms with Crippen molar-refractivity contribution in [1.29, 1.82) is 0 Å². The Balaban J connectivity index is 2.36. The molecule has 0 aliphatic heterocycles. The Morgan fingerprint density at radius 3 is 2.00 bits per heavy atom. The van der Waals surface area contributed by atoms with E-state index in [1.807, 2.05) is 0 Å². The molecule has 34 heavy (non-hydrogen) atoms. The van der Waals surface area contributed by atoms with E-state index in [9.17, 15) is 29.1 Å². The Hall–Kier alpha value is -2.95. The van der Waals surface area contributed by atoms with Crippen molar-refractivity contribution in [2.45, 2.75) is 78.0 Å². The maximum Gasteiger partial charge on any atom is 0.336 e. The first-order valence-corrected chi connectivity index (χ1v) is 11.6. The van der Waals surface area contributed by atoms with E-state index in [0.717, 1.165) is 26.5 Å². The highest BCUT2D eigenvalue weighted by Crippen LogP contribution is 2.08. The highest BCUT2D eigenvalue weighted by Gasteiger charge is 2.16. The van der Waals surface area contributed by atoms with Crippen LogP contribution in [0, 0.1) is 5.92 Å². The molecular formula is C23H37N3O8. The fraction of sp³-hybridized carbons (Fsp3) is 0.696. The molecule has 0 saturated carbocycles. The third kappa shape index (κ3) is 9.50. The van der Waals surface area contributed by atoms with Gasteiger partial charge in [0.1, 0.15) is 6.61 Å². The second kappa shape index (κ2) is 15.0. The lowest BCUT2D eigenvalue weighted by atomic mass is 10.1. The fourth-order valence-corrected chi connectivity index (χ4v) is 3.14. The molecule has 0 fully saturated rings. The van der Waals surface area contributed by atoms with E-state index in [0.29, 0.717) is 19.3 Å². The summed E-state index contributed by atoms with van der Waals surface area (Å²) in [7, 11) is 1.30. The molecular weight excluding hydrogens is 446 g/mol. The molecule has 11 nitrogen and oxygen atoms in total. The van der Waals surface area contributed by atoms with Crippen molar-refractivity contribution in [3.8, 4) is 0 Å². The first-order valence-electron chi connectivity index (χ1n) is 11.6. The molecule has 0 amide bonds. The van der Waals surface area contributed by atoms with Gasteiger partial charge in [-0.2, -0.15) is 0 Å². The number of nitrogens with zero attached hydrogens (tertiary/aromatic N) is 3. The van der Waals surface area contributed by atoms with Crippen LogP contribution in [0.1, 0.15) is 58.8 Å². The molecule has 0 saturated heterocycles. The van der Waals surface area contributed by atoms with E-state index in [1.54, 1.807) is 13.8 Å². The molecule has 0 aliphatic carbocycles. The third-order valence-corrected chi connectivity index (χ3v) is 5.25. The fourth-order valence-electron chi connectivity index (χ4n) is 3.14. The zero-order valence-electron chi connectivity index (χ0n) is 20.4. The highest BCUT2D eigenvalue weighted by molar-refractivity contribution is 5.69. The Bertz CT molecular complexity index is 991. The highest BCUT2D eigenvalue weighted by atomic mass is 16.5. The first kappa shape index (κ1) is 29.1. The number of aromatic nitrogens is 3. The van der Waals surface area contributed by atoms with E-state index >= 15 is 0 Å². The predicted molar refractivity (Wildman–Crippen MR) is 125 cm³/mol. The minimum absolute atomic E-state index is 0.00158. The number of aliphatic hydroxyl groups excluding tert-OH is 1. The van der Waals surface area contributed by atoms with Gasteiger partial charge in [-0.25, -0.2) is 28.1 Å². The summed E-state index contributed by atoms with van der Waals surface area (Å²) in [5, 5.41) is 9.36. The van der Waals surface area contributed by atoms with Crippen molar-refractivity contribution < 1.29 is 24.2 Å². The van der Waals surface area contributed by atoms with Gasteiger partial charge in [-0.05, 0) is 19.3 Å². The molecule has 1 rings (SSSR count). The Morgan fingerprint density at radius 2 is 1.47 bits per heavy atom. The van der Waals surface area contributed by atoms with Gasteiger partial charge in [-0.3, -0.25) is 9.59 Å². The zero-order chi connectivity index (χ0) is 25.7. The van der Waals surface area contributed by atoms with Crippen molar-refractivity contribution in [2.75, 3.05) is 13.2 Å². The predicted octanol–water partition coefficient (Wildman–Crippen LogP) is 0.729. The zero-order valence-corrected chi connectivity index (χ0v) is 20.4. The van der Waals surface area contributed by atoms with Gasteiger partial charge in [0, 0.05) is 32.4 Å². The quantitative estimate of drug-likeness (QED) is 0.206. The molecule has 11 heteroatoms. The van der Waals surface area contributed by atoms with Crippen molar-refractivity contribution >= 4 is 11.9 Å². The van der Waals surface area contributed by atoms with Gasteiger partial charge in [-0.15, -0.1) is 6.58 Å². The van der Waals surface area contributed by atoms with Crippen LogP contribution in [0.2, 0.25) is 0 Å². The lowest BCUT2D eigenvalue weighted by Crippen LogP contribution is -2.54. The summed E-state index contributed by atoms with van der Waals surface area (Å²) in [4.78, 5) is 60.4. The molecule has 0 aromatic carbocycles. The number of carbonyl (C=O) groups excluding carboxylic acids is 2. The molecule has 192 valence electrons. The number of esters is 2. The Labute approximate surface area is 198 Å². The first-order chi connectivity index (χ1) is 16.1. The molecule has 2 atom stereocenters. The number of hydrogen-bond acceptors (Lipinski definition) is 8. The number of aliphatic hydroxyl groups is 1.